The van der Waals surface area contributed by atoms with Crippen LogP contribution in [0.25, 0.3) is 0 Å². The number of hydrogen-bond acceptors (Lipinski definition) is 4. The SMILES string of the molecule is CNc1ncc(Cl)c(NCC(F)F)n1. The average Bonchev–Trinajstić information content (AvgIpc) is 2.16. The van der Waals surface area contributed by atoms with Crippen molar-refractivity contribution >= 4 is 23.4 Å². The van der Waals surface area contributed by atoms with Crippen LogP contribution in [0.4, 0.5) is 20.5 Å². The first-order valence-corrected chi connectivity index (χ1v) is 4.23. The maximum absolute atomic E-state index is 11.9. The number of aromatic nitrogens is 2. The van der Waals surface area contributed by atoms with Gasteiger partial charge in [0, 0.05) is 7.05 Å². The minimum Gasteiger partial charge on any atom is -0.363 e. The summed E-state index contributed by atoms with van der Waals surface area (Å²) in [7, 11) is 1.63. The summed E-state index contributed by atoms with van der Waals surface area (Å²) >= 11 is 5.68. The number of halogens is 3. The Morgan fingerprint density at radius 2 is 2.29 bits per heavy atom. The van der Waals surface area contributed by atoms with Gasteiger partial charge in [0.25, 0.3) is 6.43 Å². The third-order valence-electron chi connectivity index (χ3n) is 1.39. The molecule has 0 aliphatic carbocycles. The van der Waals surface area contributed by atoms with Crippen molar-refractivity contribution in [3.63, 3.8) is 0 Å². The zero-order valence-electron chi connectivity index (χ0n) is 7.39. The Balaban J connectivity index is 2.73. The molecule has 0 spiro atoms. The van der Waals surface area contributed by atoms with Crippen LogP contribution in [0.3, 0.4) is 0 Å². The lowest BCUT2D eigenvalue weighted by molar-refractivity contribution is 0.163. The van der Waals surface area contributed by atoms with Crippen molar-refractivity contribution in [1.29, 1.82) is 0 Å². The monoisotopic (exact) mass is 222 g/mol. The molecule has 0 amide bonds. The summed E-state index contributed by atoms with van der Waals surface area (Å²) in [4.78, 5) is 7.67. The van der Waals surface area contributed by atoms with E-state index in [1.165, 1.54) is 6.20 Å². The molecule has 0 saturated carbocycles. The highest BCUT2D eigenvalue weighted by Gasteiger charge is 2.07. The van der Waals surface area contributed by atoms with E-state index in [0.717, 1.165) is 0 Å². The second-order valence-corrected chi connectivity index (χ2v) is 2.82. The van der Waals surface area contributed by atoms with Crippen molar-refractivity contribution in [3.05, 3.63) is 11.2 Å². The Kier molecular flexibility index (Phi) is 3.82. The summed E-state index contributed by atoms with van der Waals surface area (Å²) < 4.78 is 23.7. The average molecular weight is 223 g/mol. The number of rotatable bonds is 4. The lowest BCUT2D eigenvalue weighted by atomic mass is 10.5. The van der Waals surface area contributed by atoms with E-state index in [1.807, 2.05) is 0 Å². The molecule has 0 saturated heterocycles. The van der Waals surface area contributed by atoms with Gasteiger partial charge in [-0.3, -0.25) is 0 Å². The molecule has 78 valence electrons. The summed E-state index contributed by atoms with van der Waals surface area (Å²) in [5.41, 5.74) is 0. The molecule has 2 N–H and O–H groups in total. The molecule has 0 aromatic carbocycles. The Morgan fingerprint density at radius 1 is 1.57 bits per heavy atom. The van der Waals surface area contributed by atoms with Crippen LogP contribution >= 0.6 is 11.6 Å². The predicted molar refractivity (Wildman–Crippen MR) is 51.1 cm³/mol. The van der Waals surface area contributed by atoms with E-state index < -0.39 is 13.0 Å². The highest BCUT2D eigenvalue weighted by atomic mass is 35.5. The molecule has 0 aliphatic heterocycles. The second-order valence-electron chi connectivity index (χ2n) is 2.41. The lowest BCUT2D eigenvalue weighted by Gasteiger charge is -2.07. The quantitative estimate of drug-likeness (QED) is 0.816. The summed E-state index contributed by atoms with van der Waals surface area (Å²) in [6, 6.07) is 0. The molecular formula is C7H9ClF2N4. The van der Waals surface area contributed by atoms with E-state index >= 15 is 0 Å². The van der Waals surface area contributed by atoms with Gasteiger partial charge in [-0.1, -0.05) is 11.6 Å². The Labute approximate surface area is 84.7 Å². The van der Waals surface area contributed by atoms with Crippen LogP contribution in [0.15, 0.2) is 6.20 Å². The van der Waals surface area contributed by atoms with Crippen molar-refractivity contribution in [3.8, 4) is 0 Å². The Hall–Kier alpha value is -1.17. The third kappa shape index (κ3) is 2.95. The zero-order chi connectivity index (χ0) is 10.6. The Bertz CT molecular complexity index is 308. The van der Waals surface area contributed by atoms with Crippen molar-refractivity contribution < 1.29 is 8.78 Å². The van der Waals surface area contributed by atoms with Gasteiger partial charge in [0.15, 0.2) is 5.82 Å². The van der Waals surface area contributed by atoms with Gasteiger partial charge < -0.3 is 10.6 Å². The molecule has 0 radical (unpaired) electrons. The topological polar surface area (TPSA) is 49.8 Å². The molecule has 0 bridgehead atoms. The molecule has 7 heteroatoms. The predicted octanol–water partition coefficient (Wildman–Crippen LogP) is 1.85. The van der Waals surface area contributed by atoms with Crippen LogP contribution in [-0.2, 0) is 0 Å². The largest absolute Gasteiger partial charge is 0.363 e. The molecule has 0 unspecified atom stereocenters. The van der Waals surface area contributed by atoms with Crippen LogP contribution in [0, 0.1) is 0 Å². The number of anilines is 2. The first kappa shape index (κ1) is 10.9. The minimum absolute atomic E-state index is 0.200. The lowest BCUT2D eigenvalue weighted by Crippen LogP contribution is -2.12. The van der Waals surface area contributed by atoms with Crippen molar-refractivity contribution in [2.75, 3.05) is 24.2 Å². The molecule has 0 fully saturated rings. The van der Waals surface area contributed by atoms with E-state index in [2.05, 4.69) is 20.6 Å². The van der Waals surface area contributed by atoms with Crippen LogP contribution in [0.5, 0.6) is 0 Å². The summed E-state index contributed by atoms with van der Waals surface area (Å²) in [6.07, 6.45) is -1.10. The summed E-state index contributed by atoms with van der Waals surface area (Å²) in [5, 5.41) is 5.30. The highest BCUT2D eigenvalue weighted by molar-refractivity contribution is 6.32. The molecule has 1 aromatic heterocycles. The number of hydrogen-bond donors (Lipinski definition) is 2. The molecule has 0 atom stereocenters. The van der Waals surface area contributed by atoms with E-state index in [9.17, 15) is 8.78 Å². The van der Waals surface area contributed by atoms with E-state index in [4.69, 9.17) is 11.6 Å². The molecule has 14 heavy (non-hydrogen) atoms. The van der Waals surface area contributed by atoms with Crippen molar-refractivity contribution in [2.45, 2.75) is 6.43 Å². The van der Waals surface area contributed by atoms with E-state index in [-0.39, 0.29) is 10.8 Å². The Morgan fingerprint density at radius 3 is 2.86 bits per heavy atom. The van der Waals surface area contributed by atoms with Gasteiger partial charge in [0.2, 0.25) is 5.95 Å². The van der Waals surface area contributed by atoms with Gasteiger partial charge >= 0.3 is 0 Å². The van der Waals surface area contributed by atoms with Crippen LogP contribution in [-0.4, -0.2) is 30.0 Å². The molecule has 4 nitrogen and oxygen atoms in total. The van der Waals surface area contributed by atoms with Crippen LogP contribution in [0.2, 0.25) is 5.02 Å². The normalized spacial score (nSPS) is 10.4. The molecule has 0 aliphatic rings. The van der Waals surface area contributed by atoms with Gasteiger partial charge in [0.05, 0.1) is 12.7 Å². The molecule has 1 aromatic rings. The third-order valence-corrected chi connectivity index (χ3v) is 1.67. The van der Waals surface area contributed by atoms with Gasteiger partial charge in [-0.15, -0.1) is 0 Å². The smallest absolute Gasteiger partial charge is 0.255 e. The van der Waals surface area contributed by atoms with Crippen molar-refractivity contribution in [2.24, 2.45) is 0 Å². The number of nitrogens with zero attached hydrogens (tertiary/aromatic N) is 2. The number of nitrogens with one attached hydrogen (secondary N) is 2. The number of alkyl halides is 2. The van der Waals surface area contributed by atoms with Crippen LogP contribution in [0.1, 0.15) is 0 Å². The van der Waals surface area contributed by atoms with Gasteiger partial charge in [0.1, 0.15) is 5.02 Å². The first-order chi connectivity index (χ1) is 6.63. The van der Waals surface area contributed by atoms with Gasteiger partial charge in [-0.05, 0) is 0 Å². The zero-order valence-corrected chi connectivity index (χ0v) is 8.15. The van der Waals surface area contributed by atoms with E-state index in [1.54, 1.807) is 7.05 Å². The maximum Gasteiger partial charge on any atom is 0.255 e. The molecule has 1 heterocycles. The van der Waals surface area contributed by atoms with E-state index in [0.29, 0.717) is 5.95 Å². The van der Waals surface area contributed by atoms with Crippen molar-refractivity contribution in [1.82, 2.24) is 9.97 Å². The maximum atomic E-state index is 11.9. The van der Waals surface area contributed by atoms with Gasteiger partial charge in [-0.25, -0.2) is 13.8 Å². The fraction of sp³-hybridized carbons (Fsp3) is 0.429. The molecular weight excluding hydrogens is 214 g/mol. The fourth-order valence-corrected chi connectivity index (χ4v) is 0.943. The second kappa shape index (κ2) is 4.90. The molecule has 1 rings (SSSR count). The fourth-order valence-electron chi connectivity index (χ4n) is 0.785. The summed E-state index contributed by atoms with van der Waals surface area (Å²) in [6.45, 7) is -0.486. The summed E-state index contributed by atoms with van der Waals surface area (Å²) in [5.74, 6) is 0.525. The van der Waals surface area contributed by atoms with Gasteiger partial charge in [-0.2, -0.15) is 4.98 Å². The minimum atomic E-state index is -2.45. The van der Waals surface area contributed by atoms with Crippen LogP contribution < -0.4 is 10.6 Å². The standard InChI is InChI=1S/C7H9ClF2N4/c1-11-7-13-2-4(8)6(14-7)12-3-5(9)10/h2,5H,3H2,1H3,(H2,11,12,13,14). The first-order valence-electron chi connectivity index (χ1n) is 3.85. The highest BCUT2D eigenvalue weighted by Crippen LogP contribution is 2.19.